The second-order valence-electron chi connectivity index (χ2n) is 6.23. The Balaban J connectivity index is 1.89. The molecule has 0 radical (unpaired) electrons. The number of amides is 2. The molecule has 0 saturated heterocycles. The standard InChI is InChI=1S/C22H17N3O5/c26-19-8-4-7-17(14-19)23-22(28)20(24-21(27)16-5-2-1-3-6-16)13-15-9-11-18(12-10-15)25(29)30/h1-14,26H,(H,23,28)(H,24,27)/b20-13-. The molecule has 2 amide bonds. The lowest BCUT2D eigenvalue weighted by Gasteiger charge is -2.11. The SMILES string of the molecule is O=C(Nc1cccc(O)c1)/C(=C/c1ccc([N+](=O)[O-])cc1)NC(=O)c1ccccc1. The highest BCUT2D eigenvalue weighted by atomic mass is 16.6. The van der Waals surface area contributed by atoms with Crippen LogP contribution in [-0.2, 0) is 4.79 Å². The van der Waals surface area contributed by atoms with Crippen LogP contribution in [0.1, 0.15) is 15.9 Å². The van der Waals surface area contributed by atoms with Crippen LogP contribution in [0.3, 0.4) is 0 Å². The predicted molar refractivity (Wildman–Crippen MR) is 112 cm³/mol. The van der Waals surface area contributed by atoms with E-state index in [0.29, 0.717) is 16.8 Å². The van der Waals surface area contributed by atoms with Gasteiger partial charge in [0.15, 0.2) is 0 Å². The number of carbonyl (C=O) groups is 2. The number of carbonyl (C=O) groups excluding carboxylic acids is 2. The molecule has 3 aromatic carbocycles. The Morgan fingerprint density at radius 2 is 1.63 bits per heavy atom. The lowest BCUT2D eigenvalue weighted by molar-refractivity contribution is -0.384. The van der Waals surface area contributed by atoms with Crippen LogP contribution in [0.15, 0.2) is 84.6 Å². The van der Waals surface area contributed by atoms with Crippen LogP contribution >= 0.6 is 0 Å². The average Bonchev–Trinajstić information content (AvgIpc) is 2.74. The first-order valence-corrected chi connectivity index (χ1v) is 8.85. The molecule has 150 valence electrons. The van der Waals surface area contributed by atoms with Gasteiger partial charge in [-0.3, -0.25) is 19.7 Å². The number of nitro groups is 1. The van der Waals surface area contributed by atoms with Gasteiger partial charge in [-0.05, 0) is 48.0 Å². The van der Waals surface area contributed by atoms with Gasteiger partial charge in [-0.15, -0.1) is 0 Å². The zero-order valence-electron chi connectivity index (χ0n) is 15.6. The Kier molecular flexibility index (Phi) is 6.19. The third-order valence-corrected chi connectivity index (χ3v) is 4.05. The van der Waals surface area contributed by atoms with Gasteiger partial charge in [-0.2, -0.15) is 0 Å². The molecule has 3 N–H and O–H groups in total. The summed E-state index contributed by atoms with van der Waals surface area (Å²) in [6.07, 6.45) is 1.41. The Morgan fingerprint density at radius 3 is 2.27 bits per heavy atom. The summed E-state index contributed by atoms with van der Waals surface area (Å²) in [6, 6.07) is 19.9. The number of aromatic hydroxyl groups is 1. The molecule has 0 spiro atoms. The number of phenols is 1. The van der Waals surface area contributed by atoms with Crippen LogP contribution in [0.25, 0.3) is 6.08 Å². The quantitative estimate of drug-likeness (QED) is 0.329. The first kappa shape index (κ1) is 20.3. The van der Waals surface area contributed by atoms with Crippen molar-refractivity contribution in [3.8, 4) is 5.75 Å². The van der Waals surface area contributed by atoms with Crippen molar-refractivity contribution in [2.75, 3.05) is 5.32 Å². The van der Waals surface area contributed by atoms with Gasteiger partial charge in [-0.25, -0.2) is 0 Å². The Hall–Kier alpha value is -4.46. The van der Waals surface area contributed by atoms with Crippen LogP contribution in [-0.4, -0.2) is 21.8 Å². The van der Waals surface area contributed by atoms with E-state index in [4.69, 9.17) is 0 Å². The molecule has 8 nitrogen and oxygen atoms in total. The van der Waals surface area contributed by atoms with E-state index in [0.717, 1.165) is 0 Å². The minimum Gasteiger partial charge on any atom is -0.508 e. The number of benzene rings is 3. The van der Waals surface area contributed by atoms with Crippen LogP contribution in [0.2, 0.25) is 0 Å². The highest BCUT2D eigenvalue weighted by Crippen LogP contribution is 2.18. The maximum absolute atomic E-state index is 12.8. The van der Waals surface area contributed by atoms with E-state index in [-0.39, 0.29) is 17.1 Å². The first-order chi connectivity index (χ1) is 14.4. The number of nitrogens with zero attached hydrogens (tertiary/aromatic N) is 1. The Bertz CT molecular complexity index is 1110. The van der Waals surface area contributed by atoms with Crippen molar-refractivity contribution in [3.05, 3.63) is 106 Å². The lowest BCUT2D eigenvalue weighted by atomic mass is 10.1. The number of hydrogen-bond acceptors (Lipinski definition) is 5. The van der Waals surface area contributed by atoms with Crippen molar-refractivity contribution in [2.24, 2.45) is 0 Å². The molecule has 3 rings (SSSR count). The monoisotopic (exact) mass is 403 g/mol. The van der Waals surface area contributed by atoms with Gasteiger partial charge >= 0.3 is 0 Å². The summed E-state index contributed by atoms with van der Waals surface area (Å²) >= 11 is 0. The van der Waals surface area contributed by atoms with E-state index < -0.39 is 16.7 Å². The Morgan fingerprint density at radius 1 is 0.933 bits per heavy atom. The number of phenolic OH excluding ortho intramolecular Hbond substituents is 1. The molecule has 0 aromatic heterocycles. The largest absolute Gasteiger partial charge is 0.508 e. The number of non-ortho nitro benzene ring substituents is 1. The fourth-order valence-electron chi connectivity index (χ4n) is 2.58. The lowest BCUT2D eigenvalue weighted by Crippen LogP contribution is -2.30. The molecular weight excluding hydrogens is 386 g/mol. The maximum atomic E-state index is 12.8. The van der Waals surface area contributed by atoms with Crippen molar-refractivity contribution in [2.45, 2.75) is 0 Å². The molecule has 3 aromatic rings. The van der Waals surface area contributed by atoms with Crippen molar-refractivity contribution in [1.82, 2.24) is 5.32 Å². The van der Waals surface area contributed by atoms with Crippen LogP contribution in [0, 0.1) is 10.1 Å². The van der Waals surface area contributed by atoms with E-state index in [2.05, 4.69) is 10.6 Å². The first-order valence-electron chi connectivity index (χ1n) is 8.85. The topological polar surface area (TPSA) is 122 Å². The molecule has 0 aliphatic heterocycles. The van der Waals surface area contributed by atoms with Crippen LogP contribution in [0.4, 0.5) is 11.4 Å². The molecule has 8 heteroatoms. The second-order valence-corrected chi connectivity index (χ2v) is 6.23. The number of anilines is 1. The smallest absolute Gasteiger partial charge is 0.272 e. The number of rotatable bonds is 6. The highest BCUT2D eigenvalue weighted by Gasteiger charge is 2.15. The van der Waals surface area contributed by atoms with E-state index in [1.807, 2.05) is 0 Å². The summed E-state index contributed by atoms with van der Waals surface area (Å²) in [5.41, 5.74) is 1.02. The van der Waals surface area contributed by atoms with Crippen molar-refractivity contribution in [3.63, 3.8) is 0 Å². The van der Waals surface area contributed by atoms with Crippen molar-refractivity contribution < 1.29 is 19.6 Å². The summed E-state index contributed by atoms with van der Waals surface area (Å²) in [4.78, 5) is 35.6. The molecule has 30 heavy (non-hydrogen) atoms. The molecule has 0 unspecified atom stereocenters. The molecule has 0 fully saturated rings. The summed E-state index contributed by atoms with van der Waals surface area (Å²) < 4.78 is 0. The Labute approximate surface area is 171 Å². The summed E-state index contributed by atoms with van der Waals surface area (Å²) in [5, 5.41) is 25.6. The van der Waals surface area contributed by atoms with Gasteiger partial charge in [-0.1, -0.05) is 24.3 Å². The minimum atomic E-state index is -0.622. The fraction of sp³-hybridized carbons (Fsp3) is 0. The zero-order valence-corrected chi connectivity index (χ0v) is 15.6. The normalized spacial score (nSPS) is 10.9. The minimum absolute atomic E-state index is 0.0259. The van der Waals surface area contributed by atoms with Crippen molar-refractivity contribution in [1.29, 1.82) is 0 Å². The number of nitrogens with one attached hydrogen (secondary N) is 2. The van der Waals surface area contributed by atoms with Crippen LogP contribution in [0.5, 0.6) is 5.75 Å². The van der Waals surface area contributed by atoms with E-state index in [1.54, 1.807) is 42.5 Å². The van der Waals surface area contributed by atoms with Crippen LogP contribution < -0.4 is 10.6 Å². The third-order valence-electron chi connectivity index (χ3n) is 4.05. The van der Waals surface area contributed by atoms with Gasteiger partial charge in [0.05, 0.1) is 4.92 Å². The number of hydrogen-bond donors (Lipinski definition) is 3. The molecule has 0 atom stereocenters. The molecular formula is C22H17N3O5. The summed E-state index contributed by atoms with van der Waals surface area (Å²) in [6.45, 7) is 0. The molecule has 0 heterocycles. The molecule has 0 aliphatic carbocycles. The van der Waals surface area contributed by atoms with Gasteiger partial charge in [0, 0.05) is 29.4 Å². The average molecular weight is 403 g/mol. The second kappa shape index (κ2) is 9.16. The van der Waals surface area contributed by atoms with Crippen molar-refractivity contribution >= 4 is 29.3 Å². The highest BCUT2D eigenvalue weighted by molar-refractivity contribution is 6.10. The predicted octanol–water partition coefficient (Wildman–Crippen LogP) is 3.71. The maximum Gasteiger partial charge on any atom is 0.272 e. The molecule has 0 aliphatic rings. The third kappa shape index (κ3) is 5.29. The molecule has 0 bridgehead atoms. The van der Waals surface area contributed by atoms with E-state index >= 15 is 0 Å². The molecule has 0 saturated carbocycles. The van der Waals surface area contributed by atoms with Gasteiger partial charge in [0.1, 0.15) is 11.4 Å². The van der Waals surface area contributed by atoms with E-state index in [9.17, 15) is 24.8 Å². The van der Waals surface area contributed by atoms with E-state index in [1.165, 1.54) is 42.5 Å². The fourth-order valence-corrected chi connectivity index (χ4v) is 2.58. The van der Waals surface area contributed by atoms with Gasteiger partial charge in [0.2, 0.25) is 0 Å². The summed E-state index contributed by atoms with van der Waals surface area (Å²) in [5.74, 6) is -1.14. The summed E-state index contributed by atoms with van der Waals surface area (Å²) in [7, 11) is 0. The van der Waals surface area contributed by atoms with Gasteiger partial charge < -0.3 is 15.7 Å². The van der Waals surface area contributed by atoms with Gasteiger partial charge in [0.25, 0.3) is 17.5 Å². The zero-order chi connectivity index (χ0) is 21.5. The number of nitro benzene ring substituents is 1.